The zero-order valence-electron chi connectivity index (χ0n) is 5.35. The van der Waals surface area contributed by atoms with E-state index in [-0.39, 0.29) is 0 Å². The highest BCUT2D eigenvalue weighted by molar-refractivity contribution is 4.96. The molecule has 0 bridgehead atoms. The molecule has 46 valence electrons. The van der Waals surface area contributed by atoms with Crippen LogP contribution in [-0.2, 0) is 0 Å². The predicted octanol–water partition coefficient (Wildman–Crippen LogP) is 1.34. The lowest BCUT2D eigenvalue weighted by atomic mass is 10.4. The number of hydrogen-bond acceptors (Lipinski definition) is 1. The monoisotopic (exact) mass is 111 g/mol. The highest BCUT2D eigenvalue weighted by Gasteiger charge is 1.71. The van der Waals surface area contributed by atoms with Crippen LogP contribution in [0.25, 0.3) is 0 Å². The molecule has 0 aromatic rings. The molecule has 0 rings (SSSR count). The fourth-order valence-corrected chi connectivity index (χ4v) is 0.420. The maximum absolute atomic E-state index is 3.55. The molecule has 8 heavy (non-hydrogen) atoms. The van der Waals surface area contributed by atoms with E-state index in [0.717, 1.165) is 13.0 Å². The van der Waals surface area contributed by atoms with Crippen molar-refractivity contribution in [1.29, 1.82) is 0 Å². The van der Waals surface area contributed by atoms with Crippen molar-refractivity contribution in [3.05, 3.63) is 24.8 Å². The SMILES string of the molecule is C=CC=CCCNC. The largest absolute Gasteiger partial charge is 0.319 e. The molecule has 0 aliphatic heterocycles. The van der Waals surface area contributed by atoms with E-state index in [1.807, 2.05) is 13.1 Å². The summed E-state index contributed by atoms with van der Waals surface area (Å²) >= 11 is 0. The molecule has 0 unspecified atom stereocenters. The van der Waals surface area contributed by atoms with Gasteiger partial charge in [0.15, 0.2) is 0 Å². The summed E-state index contributed by atoms with van der Waals surface area (Å²) in [7, 11) is 1.95. The Bertz CT molecular complexity index is 74.5. The molecule has 0 saturated carbocycles. The van der Waals surface area contributed by atoms with Crippen LogP contribution in [-0.4, -0.2) is 13.6 Å². The highest BCUT2D eigenvalue weighted by atomic mass is 14.8. The quantitative estimate of drug-likeness (QED) is 0.426. The Kier molecular flexibility index (Phi) is 5.99. The second-order valence-corrected chi connectivity index (χ2v) is 1.56. The first-order valence-electron chi connectivity index (χ1n) is 2.84. The standard InChI is InChI=1S/C7H13N/c1-3-4-5-6-7-8-2/h3-5,8H,1,6-7H2,2H3. The fraction of sp³-hybridized carbons (Fsp3) is 0.429. The third-order valence-electron chi connectivity index (χ3n) is 0.833. The van der Waals surface area contributed by atoms with E-state index in [4.69, 9.17) is 0 Å². The minimum atomic E-state index is 1.05. The smallest absolute Gasteiger partial charge is 0.00172 e. The third kappa shape index (κ3) is 5.44. The summed E-state index contributed by atoms with van der Waals surface area (Å²) in [6.45, 7) is 4.60. The van der Waals surface area contributed by atoms with Crippen molar-refractivity contribution in [1.82, 2.24) is 5.32 Å². The van der Waals surface area contributed by atoms with Gasteiger partial charge < -0.3 is 5.32 Å². The predicted molar refractivity (Wildman–Crippen MR) is 37.9 cm³/mol. The van der Waals surface area contributed by atoms with Crippen molar-refractivity contribution in [2.24, 2.45) is 0 Å². The van der Waals surface area contributed by atoms with Gasteiger partial charge in [0.25, 0.3) is 0 Å². The number of nitrogens with one attached hydrogen (secondary N) is 1. The van der Waals surface area contributed by atoms with E-state index in [1.54, 1.807) is 6.08 Å². The summed E-state index contributed by atoms with van der Waals surface area (Å²) in [4.78, 5) is 0. The van der Waals surface area contributed by atoms with Crippen LogP contribution < -0.4 is 5.32 Å². The summed E-state index contributed by atoms with van der Waals surface area (Å²) in [6, 6.07) is 0. The average Bonchev–Trinajstić information content (AvgIpc) is 1.81. The Hall–Kier alpha value is -0.560. The molecule has 0 fully saturated rings. The van der Waals surface area contributed by atoms with E-state index >= 15 is 0 Å². The molecule has 0 heterocycles. The van der Waals surface area contributed by atoms with Gasteiger partial charge in [-0.05, 0) is 20.0 Å². The fourth-order valence-electron chi connectivity index (χ4n) is 0.420. The van der Waals surface area contributed by atoms with Crippen LogP contribution in [0.3, 0.4) is 0 Å². The molecule has 0 aliphatic rings. The van der Waals surface area contributed by atoms with Crippen LogP contribution in [0, 0.1) is 0 Å². The van der Waals surface area contributed by atoms with Gasteiger partial charge in [-0.25, -0.2) is 0 Å². The van der Waals surface area contributed by atoms with E-state index < -0.39 is 0 Å². The zero-order valence-corrected chi connectivity index (χ0v) is 5.35. The molecule has 0 aromatic carbocycles. The molecule has 0 spiro atoms. The molecule has 1 heteroatoms. The van der Waals surface area contributed by atoms with E-state index in [2.05, 4.69) is 18.0 Å². The van der Waals surface area contributed by atoms with Gasteiger partial charge in [-0.2, -0.15) is 0 Å². The van der Waals surface area contributed by atoms with E-state index in [9.17, 15) is 0 Å². The number of allylic oxidation sites excluding steroid dienone is 2. The van der Waals surface area contributed by atoms with Gasteiger partial charge in [-0.3, -0.25) is 0 Å². The molecule has 0 radical (unpaired) electrons. The summed E-state index contributed by atoms with van der Waals surface area (Å²) in [6.07, 6.45) is 6.92. The Labute approximate surface area is 51.1 Å². The van der Waals surface area contributed by atoms with Crippen molar-refractivity contribution in [2.45, 2.75) is 6.42 Å². The maximum atomic E-state index is 3.55. The van der Waals surface area contributed by atoms with Crippen LogP contribution in [0.4, 0.5) is 0 Å². The first-order chi connectivity index (χ1) is 3.91. The van der Waals surface area contributed by atoms with Crippen LogP contribution in [0.1, 0.15) is 6.42 Å². The molecule has 1 nitrogen and oxygen atoms in total. The first-order valence-corrected chi connectivity index (χ1v) is 2.84. The second-order valence-electron chi connectivity index (χ2n) is 1.56. The summed E-state index contributed by atoms with van der Waals surface area (Å²) < 4.78 is 0. The lowest BCUT2D eigenvalue weighted by Crippen LogP contribution is -2.05. The van der Waals surface area contributed by atoms with Gasteiger partial charge in [-0.15, -0.1) is 0 Å². The molecule has 0 saturated heterocycles. The first kappa shape index (κ1) is 7.44. The molecule has 0 atom stereocenters. The minimum Gasteiger partial charge on any atom is -0.319 e. The van der Waals surface area contributed by atoms with Crippen LogP contribution in [0.15, 0.2) is 24.8 Å². The number of rotatable bonds is 4. The topological polar surface area (TPSA) is 12.0 Å². The van der Waals surface area contributed by atoms with Crippen molar-refractivity contribution in [3.8, 4) is 0 Å². The molecule has 1 N–H and O–H groups in total. The molecule has 0 amide bonds. The van der Waals surface area contributed by atoms with Gasteiger partial charge in [-0.1, -0.05) is 24.8 Å². The van der Waals surface area contributed by atoms with Gasteiger partial charge >= 0.3 is 0 Å². The summed E-state index contributed by atoms with van der Waals surface area (Å²) in [5.74, 6) is 0. The summed E-state index contributed by atoms with van der Waals surface area (Å²) in [5, 5.41) is 3.04. The minimum absolute atomic E-state index is 1.05. The number of hydrogen-bond donors (Lipinski definition) is 1. The van der Waals surface area contributed by atoms with E-state index in [0.29, 0.717) is 0 Å². The van der Waals surface area contributed by atoms with Crippen LogP contribution in [0.5, 0.6) is 0 Å². The Morgan fingerprint density at radius 2 is 2.38 bits per heavy atom. The lowest BCUT2D eigenvalue weighted by Gasteiger charge is -1.88. The van der Waals surface area contributed by atoms with Gasteiger partial charge in [0.1, 0.15) is 0 Å². The average molecular weight is 111 g/mol. The van der Waals surface area contributed by atoms with Crippen molar-refractivity contribution in [2.75, 3.05) is 13.6 Å². The van der Waals surface area contributed by atoms with Crippen LogP contribution >= 0.6 is 0 Å². The summed E-state index contributed by atoms with van der Waals surface area (Å²) in [5.41, 5.74) is 0. The van der Waals surface area contributed by atoms with Crippen LogP contribution in [0.2, 0.25) is 0 Å². The Morgan fingerprint density at radius 1 is 1.62 bits per heavy atom. The van der Waals surface area contributed by atoms with Crippen molar-refractivity contribution < 1.29 is 0 Å². The third-order valence-corrected chi connectivity index (χ3v) is 0.833. The Balaban J connectivity index is 2.91. The van der Waals surface area contributed by atoms with Gasteiger partial charge in [0.05, 0.1) is 0 Å². The van der Waals surface area contributed by atoms with Gasteiger partial charge in [0, 0.05) is 0 Å². The Morgan fingerprint density at radius 3 is 2.88 bits per heavy atom. The van der Waals surface area contributed by atoms with Crippen molar-refractivity contribution in [3.63, 3.8) is 0 Å². The maximum Gasteiger partial charge on any atom is -0.00172 e. The molecular weight excluding hydrogens is 98.1 g/mol. The second kappa shape index (κ2) is 6.44. The lowest BCUT2D eigenvalue weighted by molar-refractivity contribution is 0.808. The normalized spacial score (nSPS) is 10.1. The molecule has 0 aliphatic carbocycles. The van der Waals surface area contributed by atoms with E-state index in [1.165, 1.54) is 0 Å². The molecular formula is C7H13N. The van der Waals surface area contributed by atoms with Crippen molar-refractivity contribution >= 4 is 0 Å². The van der Waals surface area contributed by atoms with Gasteiger partial charge in [0.2, 0.25) is 0 Å². The molecule has 0 aromatic heterocycles. The zero-order chi connectivity index (χ0) is 6.24. The highest BCUT2D eigenvalue weighted by Crippen LogP contribution is 1.78.